The van der Waals surface area contributed by atoms with Gasteiger partial charge in [-0.05, 0) is 43.5 Å². The van der Waals surface area contributed by atoms with Crippen molar-refractivity contribution in [3.05, 3.63) is 54.1 Å². The molecule has 0 spiro atoms. The van der Waals surface area contributed by atoms with Gasteiger partial charge in [0, 0.05) is 22.0 Å². The first-order valence-corrected chi connectivity index (χ1v) is 10.5. The van der Waals surface area contributed by atoms with Crippen LogP contribution in [0.25, 0.3) is 10.1 Å². The number of sulfonamides is 1. The van der Waals surface area contributed by atoms with Gasteiger partial charge in [-0.3, -0.25) is 4.31 Å². The Bertz CT molecular complexity index is 944. The number of rotatable bonds is 4. The van der Waals surface area contributed by atoms with Crippen molar-refractivity contribution < 1.29 is 8.42 Å². The molecular weight excluding hydrogens is 346 g/mol. The van der Waals surface area contributed by atoms with E-state index in [1.54, 1.807) is 30.9 Å². The molecule has 0 bridgehead atoms. The molecule has 3 nitrogen and oxygen atoms in total. The molecule has 23 heavy (non-hydrogen) atoms. The summed E-state index contributed by atoms with van der Waals surface area (Å²) in [5, 5.41) is 1.83. The predicted octanol–water partition coefficient (Wildman–Crippen LogP) is 4.76. The first kappa shape index (κ1) is 16.4. The standard InChI is InChI=1S/C17H17NO2S3/c1-12-7-9-13(10-8-12)23(19,20)18(2)17-11-14-15(21-3)5-4-6-16(14)22-17/h4-11H,1-3H3. The van der Waals surface area contributed by atoms with Gasteiger partial charge in [0.1, 0.15) is 5.00 Å². The molecular formula is C17H17NO2S3. The Morgan fingerprint density at radius 3 is 2.43 bits per heavy atom. The smallest absolute Gasteiger partial charge is 0.260 e. The van der Waals surface area contributed by atoms with Gasteiger partial charge in [0.25, 0.3) is 10.0 Å². The van der Waals surface area contributed by atoms with E-state index in [1.165, 1.54) is 15.6 Å². The van der Waals surface area contributed by atoms with E-state index >= 15 is 0 Å². The summed E-state index contributed by atoms with van der Waals surface area (Å²) in [6.07, 6.45) is 2.03. The monoisotopic (exact) mass is 363 g/mol. The topological polar surface area (TPSA) is 37.4 Å². The van der Waals surface area contributed by atoms with Crippen molar-refractivity contribution in [2.24, 2.45) is 0 Å². The number of aryl methyl sites for hydroxylation is 1. The maximum atomic E-state index is 12.8. The lowest BCUT2D eigenvalue weighted by Crippen LogP contribution is -2.25. The van der Waals surface area contributed by atoms with Gasteiger partial charge in [-0.25, -0.2) is 8.42 Å². The van der Waals surface area contributed by atoms with E-state index in [0.29, 0.717) is 4.90 Å². The number of benzene rings is 2. The lowest BCUT2D eigenvalue weighted by molar-refractivity contribution is 0.594. The summed E-state index contributed by atoms with van der Waals surface area (Å²) in [6, 6.07) is 15.0. The largest absolute Gasteiger partial charge is 0.264 e. The second-order valence-electron chi connectivity index (χ2n) is 5.24. The van der Waals surface area contributed by atoms with Gasteiger partial charge in [-0.15, -0.1) is 23.1 Å². The predicted molar refractivity (Wildman–Crippen MR) is 100 cm³/mol. The van der Waals surface area contributed by atoms with Crippen LogP contribution in [0.5, 0.6) is 0 Å². The summed E-state index contributed by atoms with van der Waals surface area (Å²) in [6.45, 7) is 1.94. The van der Waals surface area contributed by atoms with Crippen LogP contribution < -0.4 is 4.31 Å². The van der Waals surface area contributed by atoms with E-state index in [0.717, 1.165) is 25.5 Å². The average molecular weight is 364 g/mol. The zero-order valence-corrected chi connectivity index (χ0v) is 15.6. The van der Waals surface area contributed by atoms with Crippen LogP contribution in [0, 0.1) is 6.92 Å². The highest BCUT2D eigenvalue weighted by Gasteiger charge is 2.23. The molecule has 0 saturated carbocycles. The number of hydrogen-bond acceptors (Lipinski definition) is 4. The zero-order valence-electron chi connectivity index (χ0n) is 13.1. The highest BCUT2D eigenvalue weighted by molar-refractivity contribution is 7.98. The summed E-state index contributed by atoms with van der Waals surface area (Å²) < 4.78 is 28.1. The number of fused-ring (bicyclic) bond motifs is 1. The Morgan fingerprint density at radius 2 is 1.78 bits per heavy atom. The molecule has 120 valence electrons. The Balaban J connectivity index is 2.05. The van der Waals surface area contributed by atoms with Gasteiger partial charge < -0.3 is 0 Å². The Morgan fingerprint density at radius 1 is 1.09 bits per heavy atom. The highest BCUT2D eigenvalue weighted by Crippen LogP contribution is 2.38. The van der Waals surface area contributed by atoms with Crippen LogP contribution in [0.4, 0.5) is 5.00 Å². The average Bonchev–Trinajstić information content (AvgIpc) is 2.98. The third-order valence-electron chi connectivity index (χ3n) is 3.72. The number of thiophene rings is 1. The fraction of sp³-hybridized carbons (Fsp3) is 0.176. The van der Waals surface area contributed by atoms with Crippen LogP contribution >= 0.6 is 23.1 Å². The molecule has 2 aromatic carbocycles. The first-order valence-electron chi connectivity index (χ1n) is 7.05. The van der Waals surface area contributed by atoms with Gasteiger partial charge in [0.2, 0.25) is 0 Å². The normalized spacial score (nSPS) is 11.8. The van der Waals surface area contributed by atoms with Gasteiger partial charge in [0.15, 0.2) is 0 Å². The molecule has 0 atom stereocenters. The Hall–Kier alpha value is -1.50. The molecule has 0 amide bonds. The van der Waals surface area contributed by atoms with E-state index in [1.807, 2.05) is 43.5 Å². The van der Waals surface area contributed by atoms with Gasteiger partial charge in [-0.1, -0.05) is 23.8 Å². The first-order chi connectivity index (χ1) is 10.9. The van der Waals surface area contributed by atoms with E-state index in [-0.39, 0.29) is 0 Å². The summed E-state index contributed by atoms with van der Waals surface area (Å²) >= 11 is 3.16. The van der Waals surface area contributed by atoms with Crippen molar-refractivity contribution in [3.8, 4) is 0 Å². The van der Waals surface area contributed by atoms with Crippen LogP contribution in [-0.4, -0.2) is 21.7 Å². The SMILES string of the molecule is CSc1cccc2sc(N(C)S(=O)(=O)c3ccc(C)cc3)cc12. The van der Waals surface area contributed by atoms with Gasteiger partial charge in [-0.2, -0.15) is 0 Å². The van der Waals surface area contributed by atoms with E-state index in [2.05, 4.69) is 6.07 Å². The van der Waals surface area contributed by atoms with E-state index < -0.39 is 10.0 Å². The minimum Gasteiger partial charge on any atom is -0.260 e. The van der Waals surface area contributed by atoms with Crippen LogP contribution in [0.2, 0.25) is 0 Å². The fourth-order valence-electron chi connectivity index (χ4n) is 2.34. The lowest BCUT2D eigenvalue weighted by Gasteiger charge is -2.17. The molecule has 0 aliphatic carbocycles. The molecule has 6 heteroatoms. The molecule has 0 aliphatic heterocycles. The van der Waals surface area contributed by atoms with Crippen molar-refractivity contribution in [2.45, 2.75) is 16.7 Å². The second-order valence-corrected chi connectivity index (χ2v) is 9.12. The molecule has 0 N–H and O–H groups in total. The lowest BCUT2D eigenvalue weighted by atomic mass is 10.2. The van der Waals surface area contributed by atoms with Crippen molar-refractivity contribution in [1.82, 2.24) is 0 Å². The maximum Gasteiger partial charge on any atom is 0.264 e. The highest BCUT2D eigenvalue weighted by atomic mass is 32.2. The summed E-state index contributed by atoms with van der Waals surface area (Å²) in [5.41, 5.74) is 1.04. The van der Waals surface area contributed by atoms with E-state index in [4.69, 9.17) is 0 Å². The minimum absolute atomic E-state index is 0.313. The van der Waals surface area contributed by atoms with Crippen molar-refractivity contribution >= 4 is 48.2 Å². The molecule has 0 saturated heterocycles. The number of nitrogens with zero attached hydrogens (tertiary/aromatic N) is 1. The molecule has 0 fully saturated rings. The third kappa shape index (κ3) is 2.98. The maximum absolute atomic E-state index is 12.8. The van der Waals surface area contributed by atoms with Crippen molar-refractivity contribution in [2.75, 3.05) is 17.6 Å². The van der Waals surface area contributed by atoms with Gasteiger partial charge in [0.05, 0.1) is 4.90 Å². The van der Waals surface area contributed by atoms with Crippen LogP contribution in [0.3, 0.4) is 0 Å². The quantitative estimate of drug-likeness (QED) is 0.627. The van der Waals surface area contributed by atoms with Gasteiger partial charge >= 0.3 is 0 Å². The number of thioether (sulfide) groups is 1. The van der Waals surface area contributed by atoms with Crippen LogP contribution in [-0.2, 0) is 10.0 Å². The fourth-order valence-corrected chi connectivity index (χ4v) is 5.46. The summed E-state index contributed by atoms with van der Waals surface area (Å²) in [7, 11) is -1.93. The van der Waals surface area contributed by atoms with Crippen molar-refractivity contribution in [1.29, 1.82) is 0 Å². The third-order valence-corrected chi connectivity index (χ3v) is 7.59. The molecule has 0 aliphatic rings. The van der Waals surface area contributed by atoms with Crippen LogP contribution in [0.1, 0.15) is 5.56 Å². The van der Waals surface area contributed by atoms with Crippen molar-refractivity contribution in [3.63, 3.8) is 0 Å². The molecule has 3 aromatic rings. The molecule has 1 heterocycles. The molecule has 1 aromatic heterocycles. The second kappa shape index (κ2) is 6.19. The summed E-state index contributed by atoms with van der Waals surface area (Å²) in [4.78, 5) is 1.47. The van der Waals surface area contributed by atoms with E-state index in [9.17, 15) is 8.42 Å². The molecule has 0 radical (unpaired) electrons. The molecule has 0 unspecified atom stereocenters. The number of anilines is 1. The Kier molecular flexibility index (Phi) is 4.40. The summed E-state index contributed by atoms with van der Waals surface area (Å²) in [5.74, 6) is 0. The number of hydrogen-bond donors (Lipinski definition) is 0. The van der Waals surface area contributed by atoms with Crippen LogP contribution in [0.15, 0.2) is 58.3 Å². The Labute approximate surface area is 145 Å². The zero-order chi connectivity index (χ0) is 16.6. The molecule has 3 rings (SSSR count). The minimum atomic E-state index is -3.54.